The van der Waals surface area contributed by atoms with Gasteiger partial charge < -0.3 is 10.6 Å². The van der Waals surface area contributed by atoms with Gasteiger partial charge in [-0.05, 0) is 24.1 Å². The molecule has 1 aromatic carbocycles. The topological polar surface area (TPSA) is 59.2 Å². The Morgan fingerprint density at radius 2 is 2.05 bits per heavy atom. The largest absolute Gasteiger partial charge is 0.383 e. The third-order valence-electron chi connectivity index (χ3n) is 3.63. The number of nitrogens with two attached hydrogens (primary N) is 1. The number of carbonyl (C=O) groups excluding carboxylic acids is 1. The first-order valence-corrected chi connectivity index (χ1v) is 6.55. The van der Waals surface area contributed by atoms with Crippen molar-refractivity contribution < 1.29 is 4.79 Å². The van der Waals surface area contributed by atoms with Crippen LogP contribution in [0.1, 0.15) is 23.2 Å². The number of fused-ring (bicyclic) bond motifs is 1. The summed E-state index contributed by atoms with van der Waals surface area (Å²) >= 11 is 0. The highest BCUT2D eigenvalue weighted by molar-refractivity contribution is 6.08. The lowest BCUT2D eigenvalue weighted by molar-refractivity contribution is 0.0790. The number of pyridine rings is 1. The molecule has 1 heterocycles. The van der Waals surface area contributed by atoms with Crippen LogP contribution in [0.25, 0.3) is 10.8 Å². The van der Waals surface area contributed by atoms with Gasteiger partial charge in [-0.3, -0.25) is 4.79 Å². The zero-order valence-electron chi connectivity index (χ0n) is 11.0. The van der Waals surface area contributed by atoms with E-state index in [1.165, 1.54) is 12.8 Å². The molecule has 1 aromatic heterocycles. The summed E-state index contributed by atoms with van der Waals surface area (Å²) in [5, 5.41) is 1.72. The van der Waals surface area contributed by atoms with Crippen LogP contribution in [0.4, 0.5) is 5.82 Å². The third-order valence-corrected chi connectivity index (χ3v) is 3.63. The standard InChI is InChI=1S/C15H17N3O/c1-18(9-10-6-7-10)15(19)13-8-17-14(16)12-5-3-2-4-11(12)13/h2-5,8,10H,6-7,9H2,1H3,(H2,16,17). The Morgan fingerprint density at radius 1 is 1.37 bits per heavy atom. The number of rotatable bonds is 3. The highest BCUT2D eigenvalue weighted by atomic mass is 16.2. The van der Waals surface area contributed by atoms with Crippen LogP contribution in [-0.2, 0) is 0 Å². The highest BCUT2D eigenvalue weighted by Crippen LogP contribution is 2.30. The summed E-state index contributed by atoms with van der Waals surface area (Å²) in [6.07, 6.45) is 4.06. The fourth-order valence-electron chi connectivity index (χ4n) is 2.36. The average Bonchev–Trinajstić information content (AvgIpc) is 3.23. The minimum Gasteiger partial charge on any atom is -0.383 e. The molecule has 0 unspecified atom stereocenters. The van der Waals surface area contributed by atoms with Gasteiger partial charge in [0.15, 0.2) is 0 Å². The summed E-state index contributed by atoms with van der Waals surface area (Å²) in [5.74, 6) is 1.18. The van der Waals surface area contributed by atoms with Gasteiger partial charge in [0, 0.05) is 25.2 Å². The van der Waals surface area contributed by atoms with Gasteiger partial charge in [-0.2, -0.15) is 0 Å². The van der Waals surface area contributed by atoms with Crippen molar-refractivity contribution in [3.63, 3.8) is 0 Å². The zero-order chi connectivity index (χ0) is 13.4. The number of aromatic nitrogens is 1. The van der Waals surface area contributed by atoms with E-state index in [0.29, 0.717) is 17.3 Å². The summed E-state index contributed by atoms with van der Waals surface area (Å²) in [6.45, 7) is 0.831. The van der Waals surface area contributed by atoms with Gasteiger partial charge in [0.25, 0.3) is 5.91 Å². The van der Waals surface area contributed by atoms with E-state index >= 15 is 0 Å². The van der Waals surface area contributed by atoms with E-state index in [4.69, 9.17) is 5.73 Å². The number of hydrogen-bond acceptors (Lipinski definition) is 3. The molecule has 4 heteroatoms. The summed E-state index contributed by atoms with van der Waals surface area (Å²) in [5.41, 5.74) is 6.49. The van der Waals surface area contributed by atoms with Crippen LogP contribution in [0.5, 0.6) is 0 Å². The molecule has 2 N–H and O–H groups in total. The van der Waals surface area contributed by atoms with Gasteiger partial charge in [-0.15, -0.1) is 0 Å². The van der Waals surface area contributed by atoms with E-state index in [2.05, 4.69) is 4.98 Å². The monoisotopic (exact) mass is 255 g/mol. The molecule has 19 heavy (non-hydrogen) atoms. The predicted octanol–water partition coefficient (Wildman–Crippen LogP) is 2.30. The van der Waals surface area contributed by atoms with Gasteiger partial charge in [-0.25, -0.2) is 4.98 Å². The molecule has 1 saturated carbocycles. The predicted molar refractivity (Wildman–Crippen MR) is 75.8 cm³/mol. The van der Waals surface area contributed by atoms with Crippen molar-refractivity contribution in [2.24, 2.45) is 5.92 Å². The van der Waals surface area contributed by atoms with Gasteiger partial charge >= 0.3 is 0 Å². The molecular weight excluding hydrogens is 238 g/mol. The van der Waals surface area contributed by atoms with E-state index in [9.17, 15) is 4.79 Å². The number of nitrogens with zero attached hydrogens (tertiary/aromatic N) is 2. The van der Waals surface area contributed by atoms with E-state index in [-0.39, 0.29) is 5.91 Å². The highest BCUT2D eigenvalue weighted by Gasteiger charge is 2.26. The Kier molecular flexibility index (Phi) is 2.85. The van der Waals surface area contributed by atoms with Crippen LogP contribution < -0.4 is 5.73 Å². The Labute approximate surface area is 112 Å². The van der Waals surface area contributed by atoms with Crippen molar-refractivity contribution >= 4 is 22.5 Å². The lowest BCUT2D eigenvalue weighted by atomic mass is 10.1. The molecule has 0 spiro atoms. The van der Waals surface area contributed by atoms with Gasteiger partial charge in [0.2, 0.25) is 0 Å². The lowest BCUT2D eigenvalue weighted by Gasteiger charge is -2.18. The van der Waals surface area contributed by atoms with E-state index in [0.717, 1.165) is 17.3 Å². The maximum absolute atomic E-state index is 12.5. The van der Waals surface area contributed by atoms with E-state index < -0.39 is 0 Å². The summed E-state index contributed by atoms with van der Waals surface area (Å²) in [6, 6.07) is 7.64. The Morgan fingerprint density at radius 3 is 2.74 bits per heavy atom. The van der Waals surface area contributed by atoms with Crippen LogP contribution >= 0.6 is 0 Å². The SMILES string of the molecule is CN(CC1CC1)C(=O)c1cnc(N)c2ccccc12. The fourth-order valence-corrected chi connectivity index (χ4v) is 2.36. The second kappa shape index (κ2) is 4.53. The van der Waals surface area contributed by atoms with Crippen molar-refractivity contribution in [2.45, 2.75) is 12.8 Å². The first-order valence-electron chi connectivity index (χ1n) is 6.55. The number of benzene rings is 1. The van der Waals surface area contributed by atoms with Crippen LogP contribution in [0.3, 0.4) is 0 Å². The first-order chi connectivity index (χ1) is 9.16. The minimum atomic E-state index is 0.0237. The van der Waals surface area contributed by atoms with Crippen LogP contribution in [0.15, 0.2) is 30.5 Å². The number of anilines is 1. The molecule has 0 radical (unpaired) electrons. The maximum Gasteiger partial charge on any atom is 0.255 e. The van der Waals surface area contributed by atoms with E-state index in [1.54, 1.807) is 11.1 Å². The molecule has 3 rings (SSSR count). The van der Waals surface area contributed by atoms with Crippen molar-refractivity contribution in [2.75, 3.05) is 19.3 Å². The molecule has 1 aliphatic rings. The molecule has 0 bridgehead atoms. The zero-order valence-corrected chi connectivity index (χ0v) is 11.0. The Bertz CT molecular complexity index is 634. The van der Waals surface area contributed by atoms with Gasteiger partial charge in [0.05, 0.1) is 5.56 Å². The molecule has 4 nitrogen and oxygen atoms in total. The molecular formula is C15H17N3O. The van der Waals surface area contributed by atoms with Gasteiger partial charge in [0.1, 0.15) is 5.82 Å². The summed E-state index contributed by atoms with van der Waals surface area (Å²) in [4.78, 5) is 18.4. The van der Waals surface area contributed by atoms with Crippen molar-refractivity contribution in [3.8, 4) is 0 Å². The molecule has 1 aliphatic carbocycles. The number of amides is 1. The van der Waals surface area contributed by atoms with Crippen molar-refractivity contribution in [1.29, 1.82) is 0 Å². The first kappa shape index (κ1) is 12.0. The second-order valence-electron chi connectivity index (χ2n) is 5.23. The number of carbonyl (C=O) groups is 1. The Balaban J connectivity index is 1.99. The Hall–Kier alpha value is -2.10. The second-order valence-corrected chi connectivity index (χ2v) is 5.23. The molecule has 0 aliphatic heterocycles. The van der Waals surface area contributed by atoms with Crippen molar-refractivity contribution in [3.05, 3.63) is 36.0 Å². The molecule has 0 atom stereocenters. The van der Waals surface area contributed by atoms with E-state index in [1.807, 2.05) is 31.3 Å². The fraction of sp³-hybridized carbons (Fsp3) is 0.333. The summed E-state index contributed by atoms with van der Waals surface area (Å²) in [7, 11) is 1.85. The summed E-state index contributed by atoms with van der Waals surface area (Å²) < 4.78 is 0. The maximum atomic E-state index is 12.5. The lowest BCUT2D eigenvalue weighted by Crippen LogP contribution is -2.29. The van der Waals surface area contributed by atoms with Crippen molar-refractivity contribution in [1.82, 2.24) is 9.88 Å². The molecule has 1 fully saturated rings. The normalized spacial score (nSPS) is 14.6. The van der Waals surface area contributed by atoms with Gasteiger partial charge in [-0.1, -0.05) is 24.3 Å². The van der Waals surface area contributed by atoms with Crippen LogP contribution in [0.2, 0.25) is 0 Å². The molecule has 98 valence electrons. The number of nitrogen functional groups attached to an aromatic ring is 1. The molecule has 0 saturated heterocycles. The van der Waals surface area contributed by atoms with Crippen LogP contribution in [0, 0.1) is 5.92 Å². The van der Waals surface area contributed by atoms with Crippen LogP contribution in [-0.4, -0.2) is 29.4 Å². The minimum absolute atomic E-state index is 0.0237. The third kappa shape index (κ3) is 2.26. The molecule has 1 amide bonds. The molecule has 2 aromatic rings. The smallest absolute Gasteiger partial charge is 0.255 e. The average molecular weight is 255 g/mol. The number of hydrogen-bond donors (Lipinski definition) is 1. The quantitative estimate of drug-likeness (QED) is 0.915.